The highest BCUT2D eigenvalue weighted by Gasteiger charge is 2.10. The van der Waals surface area contributed by atoms with E-state index in [1.807, 2.05) is 31.2 Å². The normalized spacial score (nSPS) is 11.0. The van der Waals surface area contributed by atoms with Crippen LogP contribution >= 0.6 is 12.2 Å². The Morgan fingerprint density at radius 3 is 2.09 bits per heavy atom. The first-order valence-electron chi connectivity index (χ1n) is 6.42. The number of hydrazone groups is 1. The van der Waals surface area contributed by atoms with Gasteiger partial charge in [-0.25, -0.2) is 0 Å². The number of nitrogens with zero attached hydrogens (tertiary/aromatic N) is 2. The Labute approximate surface area is 132 Å². The highest BCUT2D eigenvalue weighted by Crippen LogP contribution is 2.16. The molecule has 2 aromatic rings. The number of non-ortho nitro benzene ring substituents is 1. The van der Waals surface area contributed by atoms with E-state index < -0.39 is 4.92 Å². The van der Waals surface area contributed by atoms with Gasteiger partial charge in [0.05, 0.1) is 10.6 Å². The summed E-state index contributed by atoms with van der Waals surface area (Å²) in [6, 6.07) is 13.9. The minimum absolute atomic E-state index is 0.0225. The Bertz CT molecular complexity index is 724. The number of nitro benzene ring substituents is 1. The fourth-order valence-electron chi connectivity index (χ4n) is 1.86. The van der Waals surface area contributed by atoms with E-state index >= 15 is 0 Å². The standard InChI is InChI=1S/C15H14N4O2S/c1-10-2-4-11(5-3-10)14(17-18-15(16)22)12-6-8-13(9-7-12)19(20)21/h2-9H,1H3,(H3,16,18,22)/b17-14+. The van der Waals surface area contributed by atoms with Crippen molar-refractivity contribution < 1.29 is 4.92 Å². The number of rotatable bonds is 4. The first kappa shape index (κ1) is 15.6. The van der Waals surface area contributed by atoms with Crippen LogP contribution < -0.4 is 11.2 Å². The van der Waals surface area contributed by atoms with Crippen molar-refractivity contribution in [2.45, 2.75) is 6.92 Å². The molecule has 0 aromatic heterocycles. The lowest BCUT2D eigenvalue weighted by Gasteiger charge is -2.08. The molecule has 6 nitrogen and oxygen atoms in total. The first-order valence-corrected chi connectivity index (χ1v) is 6.83. The van der Waals surface area contributed by atoms with Gasteiger partial charge in [-0.15, -0.1) is 0 Å². The van der Waals surface area contributed by atoms with Crippen LogP contribution in [0.5, 0.6) is 0 Å². The Morgan fingerprint density at radius 2 is 1.64 bits per heavy atom. The number of aryl methyl sites for hydroxylation is 1. The van der Waals surface area contributed by atoms with Crippen molar-refractivity contribution in [2.24, 2.45) is 10.8 Å². The molecule has 2 aromatic carbocycles. The molecule has 0 spiro atoms. The van der Waals surface area contributed by atoms with Crippen LogP contribution in [0.2, 0.25) is 0 Å². The van der Waals surface area contributed by atoms with Crippen LogP contribution in [-0.2, 0) is 0 Å². The lowest BCUT2D eigenvalue weighted by Crippen LogP contribution is -2.26. The maximum Gasteiger partial charge on any atom is 0.269 e. The Hall–Kier alpha value is -2.80. The molecule has 3 N–H and O–H groups in total. The molecule has 0 unspecified atom stereocenters. The molecule has 0 bridgehead atoms. The van der Waals surface area contributed by atoms with Crippen LogP contribution in [0.4, 0.5) is 5.69 Å². The van der Waals surface area contributed by atoms with Crippen LogP contribution in [0.15, 0.2) is 53.6 Å². The third-order valence-electron chi connectivity index (χ3n) is 2.95. The molecule has 22 heavy (non-hydrogen) atoms. The molecular formula is C15H14N4O2S. The van der Waals surface area contributed by atoms with E-state index in [0.717, 1.165) is 16.7 Å². The van der Waals surface area contributed by atoms with Gasteiger partial charge in [0.25, 0.3) is 5.69 Å². The first-order chi connectivity index (χ1) is 10.5. The highest BCUT2D eigenvalue weighted by molar-refractivity contribution is 7.80. The van der Waals surface area contributed by atoms with E-state index in [0.29, 0.717) is 5.71 Å². The van der Waals surface area contributed by atoms with E-state index in [1.54, 1.807) is 12.1 Å². The van der Waals surface area contributed by atoms with Crippen molar-refractivity contribution in [3.63, 3.8) is 0 Å². The average Bonchev–Trinajstić information content (AvgIpc) is 2.49. The van der Waals surface area contributed by atoms with Crippen molar-refractivity contribution >= 4 is 28.7 Å². The summed E-state index contributed by atoms with van der Waals surface area (Å²) in [5.74, 6) is 0. The van der Waals surface area contributed by atoms with E-state index in [-0.39, 0.29) is 10.8 Å². The molecule has 2 rings (SSSR count). The van der Waals surface area contributed by atoms with E-state index in [9.17, 15) is 10.1 Å². The second kappa shape index (κ2) is 6.77. The number of nitrogens with one attached hydrogen (secondary N) is 1. The Morgan fingerprint density at radius 1 is 1.14 bits per heavy atom. The van der Waals surface area contributed by atoms with Crippen LogP contribution in [0, 0.1) is 17.0 Å². The maximum atomic E-state index is 10.7. The summed E-state index contributed by atoms with van der Waals surface area (Å²) in [6.45, 7) is 1.99. The van der Waals surface area contributed by atoms with Crippen molar-refractivity contribution in [1.29, 1.82) is 0 Å². The molecule has 0 heterocycles. The summed E-state index contributed by atoms with van der Waals surface area (Å²) in [5.41, 5.74) is 11.3. The third kappa shape index (κ3) is 3.86. The molecule has 0 aliphatic carbocycles. The summed E-state index contributed by atoms with van der Waals surface area (Å²) in [7, 11) is 0. The minimum atomic E-state index is -0.445. The van der Waals surface area contributed by atoms with Gasteiger partial charge in [0.15, 0.2) is 5.11 Å². The fraction of sp³-hybridized carbons (Fsp3) is 0.0667. The molecule has 112 valence electrons. The average molecular weight is 314 g/mol. The van der Waals surface area contributed by atoms with Crippen molar-refractivity contribution in [3.8, 4) is 0 Å². The molecule has 0 saturated carbocycles. The zero-order valence-corrected chi connectivity index (χ0v) is 12.6. The van der Waals surface area contributed by atoms with Gasteiger partial charge in [-0.05, 0) is 31.3 Å². The van der Waals surface area contributed by atoms with Crippen LogP contribution in [0.3, 0.4) is 0 Å². The zero-order valence-electron chi connectivity index (χ0n) is 11.8. The van der Waals surface area contributed by atoms with Crippen molar-refractivity contribution in [3.05, 3.63) is 75.3 Å². The summed E-state index contributed by atoms with van der Waals surface area (Å²) in [4.78, 5) is 10.3. The van der Waals surface area contributed by atoms with Gasteiger partial charge >= 0.3 is 0 Å². The third-order valence-corrected chi connectivity index (χ3v) is 3.05. The number of nitrogens with two attached hydrogens (primary N) is 1. The molecule has 0 atom stereocenters. The predicted molar refractivity (Wildman–Crippen MR) is 89.8 cm³/mol. The number of thiocarbonyl (C=S) groups is 1. The smallest absolute Gasteiger partial charge is 0.269 e. The summed E-state index contributed by atoms with van der Waals surface area (Å²) < 4.78 is 0. The highest BCUT2D eigenvalue weighted by atomic mass is 32.1. The lowest BCUT2D eigenvalue weighted by molar-refractivity contribution is -0.384. The second-order valence-electron chi connectivity index (χ2n) is 4.61. The SMILES string of the molecule is Cc1ccc(/C(=N\NC(N)=S)c2ccc([N+](=O)[O-])cc2)cc1. The Balaban J connectivity index is 2.43. The molecule has 7 heteroatoms. The lowest BCUT2D eigenvalue weighted by atomic mass is 10.0. The number of nitro groups is 1. The molecule has 0 aliphatic rings. The second-order valence-corrected chi connectivity index (χ2v) is 5.05. The summed E-state index contributed by atoms with van der Waals surface area (Å²) in [6.07, 6.45) is 0. The number of hydrogen-bond acceptors (Lipinski definition) is 4. The number of hydrogen-bond donors (Lipinski definition) is 2. The topological polar surface area (TPSA) is 93.5 Å². The minimum Gasteiger partial charge on any atom is -0.375 e. The van der Waals surface area contributed by atoms with Crippen molar-refractivity contribution in [2.75, 3.05) is 0 Å². The van der Waals surface area contributed by atoms with E-state index in [4.69, 9.17) is 18.0 Å². The predicted octanol–water partition coefficient (Wildman–Crippen LogP) is 2.49. The molecule has 0 aliphatic heterocycles. The van der Waals surface area contributed by atoms with Gasteiger partial charge in [-0.2, -0.15) is 5.10 Å². The fourth-order valence-corrected chi connectivity index (χ4v) is 1.90. The number of benzene rings is 2. The summed E-state index contributed by atoms with van der Waals surface area (Å²) in [5, 5.41) is 15.0. The van der Waals surface area contributed by atoms with Gasteiger partial charge in [0.2, 0.25) is 0 Å². The van der Waals surface area contributed by atoms with Crippen LogP contribution in [0.25, 0.3) is 0 Å². The maximum absolute atomic E-state index is 10.7. The quantitative estimate of drug-likeness (QED) is 0.391. The largest absolute Gasteiger partial charge is 0.375 e. The zero-order chi connectivity index (χ0) is 16.1. The molecule has 0 radical (unpaired) electrons. The van der Waals surface area contributed by atoms with Gasteiger partial charge in [-0.3, -0.25) is 15.5 Å². The van der Waals surface area contributed by atoms with E-state index in [1.165, 1.54) is 12.1 Å². The van der Waals surface area contributed by atoms with Gasteiger partial charge < -0.3 is 5.73 Å². The monoisotopic (exact) mass is 314 g/mol. The molecule has 0 fully saturated rings. The van der Waals surface area contributed by atoms with Gasteiger partial charge in [0.1, 0.15) is 0 Å². The molecule has 0 saturated heterocycles. The molecule has 0 amide bonds. The van der Waals surface area contributed by atoms with Gasteiger partial charge in [0, 0.05) is 23.3 Å². The summed E-state index contributed by atoms with van der Waals surface area (Å²) >= 11 is 4.76. The molecular weight excluding hydrogens is 300 g/mol. The van der Waals surface area contributed by atoms with Gasteiger partial charge in [-0.1, -0.05) is 29.8 Å². The van der Waals surface area contributed by atoms with E-state index in [2.05, 4.69) is 10.5 Å². The van der Waals surface area contributed by atoms with Crippen LogP contribution in [-0.4, -0.2) is 15.7 Å². The van der Waals surface area contributed by atoms with Crippen molar-refractivity contribution in [1.82, 2.24) is 5.43 Å². The van der Waals surface area contributed by atoms with Crippen LogP contribution in [0.1, 0.15) is 16.7 Å². The Kier molecular flexibility index (Phi) is 4.80.